The van der Waals surface area contributed by atoms with Gasteiger partial charge in [-0.2, -0.15) is 0 Å². The zero-order valence-electron chi connectivity index (χ0n) is 10.7. The molecule has 1 N–H and O–H groups in total. The summed E-state index contributed by atoms with van der Waals surface area (Å²) in [6.45, 7) is 2.56. The molecule has 98 valence electrons. The number of urea groups is 1. The number of ether oxygens (including phenoxy) is 1. The first-order valence-corrected chi connectivity index (χ1v) is 6.30. The molecule has 0 aromatic carbocycles. The number of amides is 2. The molecular formula is C12H22N2O3. The normalized spacial score (nSPS) is 15.6. The molecule has 0 atom stereocenters. The molecule has 1 aliphatic rings. The second kappa shape index (κ2) is 7.14. The van der Waals surface area contributed by atoms with Gasteiger partial charge in [-0.1, -0.05) is 12.8 Å². The summed E-state index contributed by atoms with van der Waals surface area (Å²) in [6.07, 6.45) is 4.77. The summed E-state index contributed by atoms with van der Waals surface area (Å²) in [5.41, 5.74) is 0. The summed E-state index contributed by atoms with van der Waals surface area (Å²) in [5.74, 6) is -0.256. The van der Waals surface area contributed by atoms with Crippen molar-refractivity contribution in [3.8, 4) is 0 Å². The monoisotopic (exact) mass is 242 g/mol. The minimum atomic E-state index is -0.256. The fraction of sp³-hybridized carbons (Fsp3) is 0.833. The molecule has 0 aromatic rings. The molecule has 1 saturated carbocycles. The standard InChI is InChI=1S/C12H22N2O3/c1-3-17-11(15)8-9-14(2)12(16)13-10-6-4-5-7-10/h10H,3-9H2,1-2H3,(H,13,16). The van der Waals surface area contributed by atoms with Gasteiger partial charge in [0, 0.05) is 19.6 Å². The summed E-state index contributed by atoms with van der Waals surface area (Å²) in [4.78, 5) is 24.4. The van der Waals surface area contributed by atoms with E-state index in [-0.39, 0.29) is 18.4 Å². The molecule has 17 heavy (non-hydrogen) atoms. The Morgan fingerprint density at radius 3 is 2.59 bits per heavy atom. The van der Waals surface area contributed by atoms with Gasteiger partial charge in [0.2, 0.25) is 0 Å². The zero-order valence-corrected chi connectivity index (χ0v) is 10.7. The first kappa shape index (κ1) is 13.8. The maximum atomic E-state index is 11.7. The molecule has 0 aliphatic heterocycles. The van der Waals surface area contributed by atoms with E-state index in [1.165, 1.54) is 17.7 Å². The van der Waals surface area contributed by atoms with Gasteiger partial charge in [0.05, 0.1) is 13.0 Å². The smallest absolute Gasteiger partial charge is 0.317 e. The average molecular weight is 242 g/mol. The zero-order chi connectivity index (χ0) is 12.7. The van der Waals surface area contributed by atoms with Crippen LogP contribution < -0.4 is 5.32 Å². The Hall–Kier alpha value is -1.26. The molecule has 0 spiro atoms. The van der Waals surface area contributed by atoms with E-state index in [0.29, 0.717) is 19.2 Å². The van der Waals surface area contributed by atoms with Gasteiger partial charge in [-0.25, -0.2) is 4.79 Å². The number of hydrogen-bond acceptors (Lipinski definition) is 3. The van der Waals surface area contributed by atoms with Gasteiger partial charge in [-0.15, -0.1) is 0 Å². The predicted molar refractivity (Wildman–Crippen MR) is 64.7 cm³/mol. The highest BCUT2D eigenvalue weighted by molar-refractivity contribution is 5.75. The Kier molecular flexibility index (Phi) is 5.80. The summed E-state index contributed by atoms with van der Waals surface area (Å²) in [5, 5.41) is 2.97. The molecule has 0 aromatic heterocycles. The SMILES string of the molecule is CCOC(=O)CCN(C)C(=O)NC1CCCC1. The van der Waals surface area contributed by atoms with Crippen LogP contribution in [0, 0.1) is 0 Å². The Bertz CT molecular complexity index is 262. The van der Waals surface area contributed by atoms with E-state index in [1.807, 2.05) is 0 Å². The molecule has 0 radical (unpaired) electrons. The average Bonchev–Trinajstić information content (AvgIpc) is 2.79. The van der Waals surface area contributed by atoms with Gasteiger partial charge in [-0.3, -0.25) is 4.79 Å². The Morgan fingerprint density at radius 2 is 2.00 bits per heavy atom. The van der Waals surface area contributed by atoms with Crippen LogP contribution in [-0.2, 0) is 9.53 Å². The van der Waals surface area contributed by atoms with Crippen molar-refractivity contribution in [2.45, 2.75) is 45.1 Å². The second-order valence-corrected chi connectivity index (χ2v) is 4.41. The largest absolute Gasteiger partial charge is 0.466 e. The molecule has 0 saturated heterocycles. The predicted octanol–water partition coefficient (Wildman–Crippen LogP) is 1.52. The molecular weight excluding hydrogens is 220 g/mol. The lowest BCUT2D eigenvalue weighted by Crippen LogP contribution is -2.42. The van der Waals surface area contributed by atoms with E-state index in [1.54, 1.807) is 14.0 Å². The molecule has 5 heteroatoms. The van der Waals surface area contributed by atoms with Crippen LogP contribution in [0.3, 0.4) is 0 Å². The lowest BCUT2D eigenvalue weighted by molar-refractivity contribution is -0.143. The molecule has 2 amide bonds. The van der Waals surface area contributed by atoms with Crippen LogP contribution in [0.1, 0.15) is 39.0 Å². The van der Waals surface area contributed by atoms with Crippen molar-refractivity contribution in [2.75, 3.05) is 20.2 Å². The summed E-state index contributed by atoms with van der Waals surface area (Å²) < 4.78 is 4.81. The first-order valence-electron chi connectivity index (χ1n) is 6.30. The van der Waals surface area contributed by atoms with Crippen molar-refractivity contribution in [3.63, 3.8) is 0 Å². The Balaban J connectivity index is 2.19. The van der Waals surface area contributed by atoms with E-state index in [9.17, 15) is 9.59 Å². The van der Waals surface area contributed by atoms with Crippen LogP contribution in [0.2, 0.25) is 0 Å². The number of carbonyl (C=O) groups excluding carboxylic acids is 2. The summed E-state index contributed by atoms with van der Waals surface area (Å²) in [7, 11) is 1.70. The van der Waals surface area contributed by atoms with E-state index in [0.717, 1.165) is 12.8 Å². The molecule has 0 heterocycles. The topological polar surface area (TPSA) is 58.6 Å². The molecule has 1 fully saturated rings. The van der Waals surface area contributed by atoms with Gasteiger partial charge >= 0.3 is 12.0 Å². The molecule has 1 aliphatic carbocycles. The third kappa shape index (κ3) is 5.06. The van der Waals surface area contributed by atoms with Crippen LogP contribution in [0.25, 0.3) is 0 Å². The van der Waals surface area contributed by atoms with Crippen molar-refractivity contribution in [2.24, 2.45) is 0 Å². The van der Waals surface area contributed by atoms with E-state index in [4.69, 9.17) is 4.74 Å². The van der Waals surface area contributed by atoms with Crippen molar-refractivity contribution in [3.05, 3.63) is 0 Å². The van der Waals surface area contributed by atoms with Gasteiger partial charge < -0.3 is 15.0 Å². The molecule has 5 nitrogen and oxygen atoms in total. The quantitative estimate of drug-likeness (QED) is 0.744. The van der Waals surface area contributed by atoms with E-state index < -0.39 is 0 Å². The number of carbonyl (C=O) groups is 2. The summed E-state index contributed by atoms with van der Waals surface area (Å²) in [6, 6.07) is 0.216. The number of hydrogen-bond donors (Lipinski definition) is 1. The van der Waals surface area contributed by atoms with Crippen LogP contribution in [0.4, 0.5) is 4.79 Å². The van der Waals surface area contributed by atoms with Gasteiger partial charge in [-0.05, 0) is 19.8 Å². The van der Waals surface area contributed by atoms with Crippen LogP contribution in [0.5, 0.6) is 0 Å². The highest BCUT2D eigenvalue weighted by Gasteiger charge is 2.19. The van der Waals surface area contributed by atoms with E-state index >= 15 is 0 Å². The molecule has 1 rings (SSSR count). The minimum absolute atomic E-state index is 0.0961. The number of nitrogens with zero attached hydrogens (tertiary/aromatic N) is 1. The fourth-order valence-corrected chi connectivity index (χ4v) is 1.95. The number of esters is 1. The molecule has 0 unspecified atom stereocenters. The lowest BCUT2D eigenvalue weighted by atomic mass is 10.2. The molecule has 0 bridgehead atoms. The third-order valence-electron chi connectivity index (χ3n) is 2.99. The van der Waals surface area contributed by atoms with Crippen molar-refractivity contribution >= 4 is 12.0 Å². The number of rotatable bonds is 5. The van der Waals surface area contributed by atoms with Crippen molar-refractivity contribution in [1.29, 1.82) is 0 Å². The fourth-order valence-electron chi connectivity index (χ4n) is 1.95. The maximum Gasteiger partial charge on any atom is 0.317 e. The highest BCUT2D eigenvalue weighted by atomic mass is 16.5. The first-order chi connectivity index (χ1) is 8.13. The minimum Gasteiger partial charge on any atom is -0.466 e. The lowest BCUT2D eigenvalue weighted by Gasteiger charge is -2.20. The Labute approximate surface area is 102 Å². The summed E-state index contributed by atoms with van der Waals surface area (Å²) >= 11 is 0. The maximum absolute atomic E-state index is 11.7. The van der Waals surface area contributed by atoms with Gasteiger partial charge in [0.25, 0.3) is 0 Å². The Morgan fingerprint density at radius 1 is 1.35 bits per heavy atom. The van der Waals surface area contributed by atoms with Gasteiger partial charge in [0.15, 0.2) is 0 Å². The van der Waals surface area contributed by atoms with E-state index in [2.05, 4.69) is 5.32 Å². The number of nitrogens with one attached hydrogen (secondary N) is 1. The second-order valence-electron chi connectivity index (χ2n) is 4.41. The van der Waals surface area contributed by atoms with Crippen LogP contribution in [-0.4, -0.2) is 43.1 Å². The van der Waals surface area contributed by atoms with Crippen LogP contribution in [0.15, 0.2) is 0 Å². The highest BCUT2D eigenvalue weighted by Crippen LogP contribution is 2.17. The van der Waals surface area contributed by atoms with Crippen LogP contribution >= 0.6 is 0 Å². The van der Waals surface area contributed by atoms with Crippen molar-refractivity contribution in [1.82, 2.24) is 10.2 Å². The third-order valence-corrected chi connectivity index (χ3v) is 2.99. The van der Waals surface area contributed by atoms with Gasteiger partial charge in [0.1, 0.15) is 0 Å². The van der Waals surface area contributed by atoms with Crippen molar-refractivity contribution < 1.29 is 14.3 Å².